The van der Waals surface area contributed by atoms with E-state index in [0.717, 1.165) is 64.2 Å². The van der Waals surface area contributed by atoms with Gasteiger partial charge in [0.05, 0.1) is 0 Å². The van der Waals surface area contributed by atoms with Crippen LogP contribution in [0.3, 0.4) is 0 Å². The molecule has 0 aliphatic heterocycles. The van der Waals surface area contributed by atoms with Crippen LogP contribution in [0.25, 0.3) is 0 Å². The third-order valence-electron chi connectivity index (χ3n) is 14.5. The lowest BCUT2D eigenvalue weighted by atomic mass is 10.0. The molecule has 0 aromatic carbocycles. The number of esters is 3. The molecule has 1 atom stereocenters. The van der Waals surface area contributed by atoms with E-state index in [1.165, 1.54) is 250 Å². The molecule has 0 N–H and O–H groups in total. The number of unbranched alkanes of at least 4 members (excludes halogenated alkanes) is 44. The quantitative estimate of drug-likeness (QED) is 0.0261. The van der Waals surface area contributed by atoms with E-state index in [0.29, 0.717) is 19.3 Å². The summed E-state index contributed by atoms with van der Waals surface area (Å²) in [6, 6.07) is 0. The molecular formula is C65H122O6. The molecule has 0 aliphatic rings. The van der Waals surface area contributed by atoms with Crippen molar-refractivity contribution in [1.82, 2.24) is 0 Å². The number of carbonyl (C=O) groups excluding carboxylic acids is 3. The Bertz CT molecular complexity index is 1150. The lowest BCUT2D eigenvalue weighted by Crippen LogP contribution is -2.30. The second-order valence-electron chi connectivity index (χ2n) is 21.7. The maximum atomic E-state index is 12.8. The van der Waals surface area contributed by atoms with E-state index in [4.69, 9.17) is 14.2 Å². The minimum Gasteiger partial charge on any atom is -0.462 e. The van der Waals surface area contributed by atoms with Crippen LogP contribution in [0.5, 0.6) is 0 Å². The third-order valence-corrected chi connectivity index (χ3v) is 14.5. The van der Waals surface area contributed by atoms with E-state index in [2.05, 4.69) is 45.1 Å². The molecular weight excluding hydrogens is 877 g/mol. The van der Waals surface area contributed by atoms with Crippen LogP contribution in [-0.4, -0.2) is 37.2 Å². The molecule has 0 rings (SSSR count). The second kappa shape index (κ2) is 60.4. The summed E-state index contributed by atoms with van der Waals surface area (Å²) in [6.45, 7) is 6.65. The van der Waals surface area contributed by atoms with Crippen LogP contribution in [0.15, 0.2) is 24.3 Å². The van der Waals surface area contributed by atoms with Gasteiger partial charge in [-0.15, -0.1) is 0 Å². The van der Waals surface area contributed by atoms with E-state index in [9.17, 15) is 14.4 Å². The summed E-state index contributed by atoms with van der Waals surface area (Å²) in [5.74, 6) is -0.846. The largest absolute Gasteiger partial charge is 0.462 e. The van der Waals surface area contributed by atoms with Gasteiger partial charge >= 0.3 is 17.9 Å². The standard InChI is InChI=1S/C65H122O6/c1-4-7-10-13-16-19-21-22-23-24-25-26-27-28-29-30-31-32-33-34-35-36-37-38-39-40-41-42-44-46-49-52-55-58-64(67)70-61-62(60-69-63(66)57-54-51-48-45-18-15-12-9-6-3)71-65(68)59-56-53-50-47-43-20-17-14-11-8-5-2/h21-22,24-25,62H,4-20,23,26-61H2,1-3H3/b22-21-,25-24-. The van der Waals surface area contributed by atoms with Crippen molar-refractivity contribution >= 4 is 17.9 Å². The summed E-state index contributed by atoms with van der Waals surface area (Å²) in [5.41, 5.74) is 0. The van der Waals surface area contributed by atoms with Crippen LogP contribution in [0.2, 0.25) is 0 Å². The van der Waals surface area contributed by atoms with Crippen molar-refractivity contribution in [3.05, 3.63) is 24.3 Å². The molecule has 0 aromatic rings. The van der Waals surface area contributed by atoms with E-state index in [1.807, 2.05) is 0 Å². The molecule has 0 amide bonds. The van der Waals surface area contributed by atoms with Crippen molar-refractivity contribution in [3.63, 3.8) is 0 Å². The highest BCUT2D eigenvalue weighted by Gasteiger charge is 2.19. The van der Waals surface area contributed by atoms with Crippen LogP contribution in [0, 0.1) is 0 Å². The number of carbonyl (C=O) groups is 3. The second-order valence-corrected chi connectivity index (χ2v) is 21.7. The predicted octanol–water partition coefficient (Wildman–Crippen LogP) is 21.4. The van der Waals surface area contributed by atoms with Gasteiger partial charge in [-0.2, -0.15) is 0 Å². The molecule has 0 saturated carbocycles. The number of rotatable bonds is 59. The summed E-state index contributed by atoms with van der Waals surface area (Å²) in [6.07, 6.45) is 72.2. The molecule has 0 bridgehead atoms. The van der Waals surface area contributed by atoms with Gasteiger partial charge < -0.3 is 14.2 Å². The summed E-state index contributed by atoms with van der Waals surface area (Å²) < 4.78 is 16.8. The monoisotopic (exact) mass is 999 g/mol. The predicted molar refractivity (Wildman–Crippen MR) is 307 cm³/mol. The van der Waals surface area contributed by atoms with E-state index in [1.54, 1.807) is 0 Å². The normalized spacial score (nSPS) is 12.1. The molecule has 0 fully saturated rings. The first kappa shape index (κ1) is 68.9. The smallest absolute Gasteiger partial charge is 0.306 e. The van der Waals surface area contributed by atoms with Gasteiger partial charge in [0.2, 0.25) is 0 Å². The fourth-order valence-corrected chi connectivity index (χ4v) is 9.65. The van der Waals surface area contributed by atoms with E-state index < -0.39 is 6.10 Å². The van der Waals surface area contributed by atoms with Crippen LogP contribution in [-0.2, 0) is 28.6 Å². The summed E-state index contributed by atoms with van der Waals surface area (Å²) in [5, 5.41) is 0. The van der Waals surface area contributed by atoms with Gasteiger partial charge in [-0.25, -0.2) is 0 Å². The third kappa shape index (κ3) is 58.7. The van der Waals surface area contributed by atoms with Gasteiger partial charge in [0.1, 0.15) is 13.2 Å². The Morgan fingerprint density at radius 1 is 0.282 bits per heavy atom. The SMILES string of the molecule is CCCCCCC/C=C\C/C=C\CCCCCCCCCCCCCCCCCCCCCCCC(=O)OCC(COC(=O)CCCCCCCCCCC)OC(=O)CCCCCCCCCCCCC. The van der Waals surface area contributed by atoms with Crippen molar-refractivity contribution in [2.75, 3.05) is 13.2 Å². The van der Waals surface area contributed by atoms with Crippen molar-refractivity contribution in [2.24, 2.45) is 0 Å². The van der Waals surface area contributed by atoms with Gasteiger partial charge in [0, 0.05) is 19.3 Å². The Morgan fingerprint density at radius 3 is 0.775 bits per heavy atom. The van der Waals surface area contributed by atoms with Crippen LogP contribution < -0.4 is 0 Å². The summed E-state index contributed by atoms with van der Waals surface area (Å²) >= 11 is 0. The molecule has 6 nitrogen and oxygen atoms in total. The molecule has 6 heteroatoms. The van der Waals surface area contributed by atoms with Crippen molar-refractivity contribution in [1.29, 1.82) is 0 Å². The van der Waals surface area contributed by atoms with Crippen LogP contribution in [0.1, 0.15) is 355 Å². The lowest BCUT2D eigenvalue weighted by Gasteiger charge is -2.18. The number of allylic oxidation sites excluding steroid dienone is 4. The Hall–Kier alpha value is -2.11. The van der Waals surface area contributed by atoms with Gasteiger partial charge in [-0.3, -0.25) is 14.4 Å². The molecule has 71 heavy (non-hydrogen) atoms. The Kier molecular flexibility index (Phi) is 58.6. The Labute approximate surface area is 443 Å². The highest BCUT2D eigenvalue weighted by atomic mass is 16.6. The molecule has 418 valence electrons. The fourth-order valence-electron chi connectivity index (χ4n) is 9.65. The molecule has 0 radical (unpaired) electrons. The van der Waals surface area contributed by atoms with Crippen molar-refractivity contribution < 1.29 is 28.6 Å². The van der Waals surface area contributed by atoms with Gasteiger partial charge in [-0.05, 0) is 51.4 Å². The van der Waals surface area contributed by atoms with Crippen LogP contribution in [0.4, 0.5) is 0 Å². The number of hydrogen-bond acceptors (Lipinski definition) is 6. The molecule has 0 aromatic heterocycles. The Balaban J connectivity index is 3.93. The van der Waals surface area contributed by atoms with Crippen LogP contribution >= 0.6 is 0 Å². The first-order valence-corrected chi connectivity index (χ1v) is 31.8. The first-order chi connectivity index (χ1) is 35.0. The van der Waals surface area contributed by atoms with Gasteiger partial charge in [-0.1, -0.05) is 308 Å². The zero-order valence-electron chi connectivity index (χ0n) is 48.0. The highest BCUT2D eigenvalue weighted by molar-refractivity contribution is 5.71. The first-order valence-electron chi connectivity index (χ1n) is 31.8. The zero-order chi connectivity index (χ0) is 51.4. The topological polar surface area (TPSA) is 78.9 Å². The Morgan fingerprint density at radius 2 is 0.507 bits per heavy atom. The van der Waals surface area contributed by atoms with Gasteiger partial charge in [0.15, 0.2) is 6.10 Å². The average molecular weight is 1000 g/mol. The summed E-state index contributed by atoms with van der Waals surface area (Å²) in [4.78, 5) is 38.0. The molecule has 0 aliphatic carbocycles. The molecule has 1 unspecified atom stereocenters. The zero-order valence-corrected chi connectivity index (χ0v) is 48.0. The maximum absolute atomic E-state index is 12.8. The minimum absolute atomic E-state index is 0.0641. The van der Waals surface area contributed by atoms with Crippen molar-refractivity contribution in [3.8, 4) is 0 Å². The average Bonchev–Trinajstić information content (AvgIpc) is 3.37. The number of hydrogen-bond donors (Lipinski definition) is 0. The number of ether oxygens (including phenoxy) is 3. The summed E-state index contributed by atoms with van der Waals surface area (Å²) in [7, 11) is 0. The van der Waals surface area contributed by atoms with Gasteiger partial charge in [0.25, 0.3) is 0 Å². The molecule has 0 heterocycles. The van der Waals surface area contributed by atoms with E-state index >= 15 is 0 Å². The highest BCUT2D eigenvalue weighted by Crippen LogP contribution is 2.18. The fraction of sp³-hybridized carbons (Fsp3) is 0.892. The van der Waals surface area contributed by atoms with E-state index in [-0.39, 0.29) is 31.1 Å². The molecule has 0 spiro atoms. The van der Waals surface area contributed by atoms with Crippen molar-refractivity contribution in [2.45, 2.75) is 361 Å². The molecule has 0 saturated heterocycles. The minimum atomic E-state index is -0.762. The lowest BCUT2D eigenvalue weighted by molar-refractivity contribution is -0.167. The maximum Gasteiger partial charge on any atom is 0.306 e.